The first-order valence-electron chi connectivity index (χ1n) is 8.99. The van der Waals surface area contributed by atoms with Crippen LogP contribution in [0.1, 0.15) is 37.8 Å². The molecule has 1 fully saturated rings. The van der Waals surface area contributed by atoms with Crippen molar-refractivity contribution in [3.05, 3.63) is 35.4 Å². The lowest BCUT2D eigenvalue weighted by Gasteiger charge is -2.34. The van der Waals surface area contributed by atoms with Crippen molar-refractivity contribution in [2.75, 3.05) is 26.2 Å². The smallest absolute Gasteiger partial charge is 0.191 e. The quantitative estimate of drug-likeness (QED) is 0.445. The summed E-state index contributed by atoms with van der Waals surface area (Å²) in [6.45, 7) is 9.63. The second kappa shape index (κ2) is 9.04. The van der Waals surface area contributed by atoms with E-state index in [9.17, 15) is 0 Å². The summed E-state index contributed by atoms with van der Waals surface area (Å²) in [5, 5.41) is 0. The van der Waals surface area contributed by atoms with E-state index in [1.54, 1.807) is 0 Å². The van der Waals surface area contributed by atoms with Crippen LogP contribution in [0, 0.1) is 5.92 Å². The Hall–Kier alpha value is -0.820. The van der Waals surface area contributed by atoms with E-state index >= 15 is 0 Å². The van der Waals surface area contributed by atoms with Gasteiger partial charge in [-0.2, -0.15) is 0 Å². The number of nitrogens with two attached hydrogens (primary N) is 1. The van der Waals surface area contributed by atoms with Gasteiger partial charge in [0.25, 0.3) is 0 Å². The van der Waals surface area contributed by atoms with E-state index in [0.29, 0.717) is 6.04 Å². The first-order chi connectivity index (χ1) is 11.1. The number of guanidine groups is 1. The van der Waals surface area contributed by atoms with Crippen molar-refractivity contribution >= 4 is 29.9 Å². The van der Waals surface area contributed by atoms with Crippen LogP contribution < -0.4 is 5.73 Å². The lowest BCUT2D eigenvalue weighted by molar-refractivity contribution is 0.194. The molecule has 2 N–H and O–H groups in total. The Morgan fingerprint density at radius 1 is 1.29 bits per heavy atom. The van der Waals surface area contributed by atoms with Gasteiger partial charge < -0.3 is 10.6 Å². The molecular weight excluding hydrogens is 411 g/mol. The van der Waals surface area contributed by atoms with E-state index in [2.05, 4.69) is 47.9 Å². The number of fused-ring (bicyclic) bond motifs is 1. The Balaban J connectivity index is 0.00000208. The summed E-state index contributed by atoms with van der Waals surface area (Å²) in [6.07, 6.45) is 3.69. The van der Waals surface area contributed by atoms with Gasteiger partial charge >= 0.3 is 0 Å². The zero-order chi connectivity index (χ0) is 16.2. The van der Waals surface area contributed by atoms with Crippen LogP contribution in [0.3, 0.4) is 0 Å². The molecule has 134 valence electrons. The van der Waals surface area contributed by atoms with Crippen LogP contribution in [-0.2, 0) is 13.0 Å². The molecule has 0 saturated carbocycles. The average molecular weight is 442 g/mol. The summed E-state index contributed by atoms with van der Waals surface area (Å²) < 4.78 is 0. The first-order valence-corrected chi connectivity index (χ1v) is 8.99. The molecule has 0 amide bonds. The van der Waals surface area contributed by atoms with Gasteiger partial charge in [0.1, 0.15) is 0 Å². The van der Waals surface area contributed by atoms with Gasteiger partial charge in [-0.25, -0.2) is 0 Å². The van der Waals surface area contributed by atoms with Crippen LogP contribution in [-0.4, -0.2) is 48.0 Å². The first kappa shape index (κ1) is 19.5. The van der Waals surface area contributed by atoms with E-state index < -0.39 is 0 Å². The van der Waals surface area contributed by atoms with E-state index in [0.717, 1.165) is 51.0 Å². The highest BCUT2D eigenvalue weighted by molar-refractivity contribution is 14.0. The zero-order valence-electron chi connectivity index (χ0n) is 14.9. The molecular formula is C19H31IN4. The number of nitrogens with zero attached hydrogens (tertiary/aromatic N) is 3. The number of benzene rings is 1. The molecule has 24 heavy (non-hydrogen) atoms. The van der Waals surface area contributed by atoms with Crippen LogP contribution in [0.4, 0.5) is 0 Å². The third kappa shape index (κ3) is 4.85. The van der Waals surface area contributed by atoms with Crippen molar-refractivity contribution in [3.63, 3.8) is 0 Å². The maximum atomic E-state index is 6.22. The second-order valence-electron chi connectivity index (χ2n) is 7.23. The average Bonchev–Trinajstić information content (AvgIpc) is 2.59. The highest BCUT2D eigenvalue weighted by Crippen LogP contribution is 2.20. The SMILES string of the molecule is CC1CCCN(C(N)=NCC(C)N2CCc3ccccc3C2)C1.I. The number of likely N-dealkylation sites (tertiary alicyclic amines) is 1. The van der Waals surface area contributed by atoms with Gasteiger partial charge in [0.05, 0.1) is 6.54 Å². The van der Waals surface area contributed by atoms with Crippen LogP contribution in [0.25, 0.3) is 0 Å². The summed E-state index contributed by atoms with van der Waals surface area (Å²) >= 11 is 0. The van der Waals surface area contributed by atoms with E-state index in [-0.39, 0.29) is 24.0 Å². The van der Waals surface area contributed by atoms with Crippen LogP contribution in [0.2, 0.25) is 0 Å². The number of hydrogen-bond donors (Lipinski definition) is 1. The maximum absolute atomic E-state index is 6.22. The molecule has 0 bridgehead atoms. The largest absolute Gasteiger partial charge is 0.370 e. The van der Waals surface area contributed by atoms with Gasteiger partial charge in [0, 0.05) is 32.2 Å². The fourth-order valence-electron chi connectivity index (χ4n) is 3.73. The molecule has 3 rings (SSSR count). The minimum absolute atomic E-state index is 0. The summed E-state index contributed by atoms with van der Waals surface area (Å²) in [5.41, 5.74) is 9.19. The molecule has 0 aliphatic carbocycles. The van der Waals surface area contributed by atoms with Gasteiger partial charge in [-0.1, -0.05) is 31.2 Å². The lowest BCUT2D eigenvalue weighted by atomic mass is 9.99. The molecule has 0 spiro atoms. The Bertz CT molecular complexity index is 560. The zero-order valence-corrected chi connectivity index (χ0v) is 17.3. The third-order valence-electron chi connectivity index (χ3n) is 5.28. The van der Waals surface area contributed by atoms with Gasteiger partial charge in [0.2, 0.25) is 0 Å². The summed E-state index contributed by atoms with van der Waals surface area (Å²) in [4.78, 5) is 9.47. The van der Waals surface area contributed by atoms with E-state index in [1.165, 1.54) is 24.0 Å². The molecule has 2 atom stereocenters. The topological polar surface area (TPSA) is 44.9 Å². The normalized spacial score (nSPS) is 23.3. The maximum Gasteiger partial charge on any atom is 0.191 e. The number of halogens is 1. The molecule has 4 nitrogen and oxygen atoms in total. The molecule has 1 aromatic rings. The molecule has 0 aromatic heterocycles. The number of hydrogen-bond acceptors (Lipinski definition) is 2. The number of rotatable bonds is 3. The molecule has 2 aliphatic heterocycles. The molecule has 5 heteroatoms. The van der Waals surface area contributed by atoms with Crippen molar-refractivity contribution in [2.24, 2.45) is 16.6 Å². The van der Waals surface area contributed by atoms with Crippen molar-refractivity contribution < 1.29 is 0 Å². The minimum Gasteiger partial charge on any atom is -0.370 e. The molecule has 2 heterocycles. The molecule has 1 aromatic carbocycles. The molecule has 0 radical (unpaired) electrons. The summed E-state index contributed by atoms with van der Waals surface area (Å²) in [5.74, 6) is 1.47. The third-order valence-corrected chi connectivity index (χ3v) is 5.28. The van der Waals surface area contributed by atoms with Crippen molar-refractivity contribution in [1.82, 2.24) is 9.80 Å². The standard InChI is InChI=1S/C19H30N4.HI/c1-15-6-5-10-23(13-15)19(20)21-12-16(2)22-11-9-17-7-3-4-8-18(17)14-22;/h3-4,7-8,15-16H,5-6,9-14H2,1-2H3,(H2,20,21);1H. The van der Waals surface area contributed by atoms with Gasteiger partial charge in [-0.3, -0.25) is 9.89 Å². The molecule has 1 saturated heterocycles. The highest BCUT2D eigenvalue weighted by Gasteiger charge is 2.21. The predicted molar refractivity (Wildman–Crippen MR) is 112 cm³/mol. The Labute approximate surface area is 163 Å². The van der Waals surface area contributed by atoms with Crippen molar-refractivity contribution in [1.29, 1.82) is 0 Å². The molecule has 2 unspecified atom stereocenters. The fourth-order valence-corrected chi connectivity index (χ4v) is 3.73. The van der Waals surface area contributed by atoms with Crippen LogP contribution in [0.15, 0.2) is 29.3 Å². The van der Waals surface area contributed by atoms with Crippen molar-refractivity contribution in [2.45, 2.75) is 45.7 Å². The predicted octanol–water partition coefficient (Wildman–Crippen LogP) is 3.10. The lowest BCUT2D eigenvalue weighted by Crippen LogP contribution is -2.44. The van der Waals surface area contributed by atoms with Crippen molar-refractivity contribution in [3.8, 4) is 0 Å². The van der Waals surface area contributed by atoms with E-state index in [4.69, 9.17) is 10.7 Å². The number of piperidine rings is 1. The summed E-state index contributed by atoms with van der Waals surface area (Å²) in [7, 11) is 0. The highest BCUT2D eigenvalue weighted by atomic mass is 127. The monoisotopic (exact) mass is 442 g/mol. The molecule has 2 aliphatic rings. The Kier molecular flexibility index (Phi) is 7.34. The Morgan fingerprint density at radius 3 is 2.79 bits per heavy atom. The minimum atomic E-state index is 0. The Morgan fingerprint density at radius 2 is 2.04 bits per heavy atom. The second-order valence-corrected chi connectivity index (χ2v) is 7.23. The van der Waals surface area contributed by atoms with Gasteiger partial charge in [-0.05, 0) is 43.2 Å². The van der Waals surface area contributed by atoms with Crippen LogP contribution >= 0.6 is 24.0 Å². The fraction of sp³-hybridized carbons (Fsp3) is 0.632. The van der Waals surface area contributed by atoms with Gasteiger partial charge in [-0.15, -0.1) is 24.0 Å². The summed E-state index contributed by atoms with van der Waals surface area (Å²) in [6, 6.07) is 9.22. The van der Waals surface area contributed by atoms with Crippen LogP contribution in [0.5, 0.6) is 0 Å². The number of aliphatic imine (C=N–C) groups is 1. The van der Waals surface area contributed by atoms with Gasteiger partial charge in [0.15, 0.2) is 5.96 Å². The van der Waals surface area contributed by atoms with E-state index in [1.807, 2.05) is 0 Å².